The maximum atomic E-state index is 12.6. The summed E-state index contributed by atoms with van der Waals surface area (Å²) in [4.78, 5) is 85.2. The van der Waals surface area contributed by atoms with Crippen LogP contribution in [0.2, 0.25) is 0 Å². The number of carboxylic acid groups (broad SMARTS) is 2. The van der Waals surface area contributed by atoms with Crippen molar-refractivity contribution in [1.82, 2.24) is 30.6 Å². The van der Waals surface area contributed by atoms with Gasteiger partial charge in [-0.25, -0.2) is 14.8 Å². The number of Topliss-reactive ketones (excluding diaryl/α,β-unsaturated/α-hetero) is 1. The van der Waals surface area contributed by atoms with Gasteiger partial charge < -0.3 is 31.9 Å². The summed E-state index contributed by atoms with van der Waals surface area (Å²) < 4.78 is 0. The van der Waals surface area contributed by atoms with E-state index in [9.17, 15) is 33.9 Å². The number of anilines is 2. The number of rotatable bonds is 13. The summed E-state index contributed by atoms with van der Waals surface area (Å²) in [6.45, 7) is 1.32. The Labute approximate surface area is 225 Å². The highest BCUT2D eigenvalue weighted by Gasteiger charge is 2.24. The van der Waals surface area contributed by atoms with Crippen molar-refractivity contribution < 1.29 is 34.2 Å². The number of hydrogen-bond acceptors (Lipinski definition) is 11. The highest BCUT2D eigenvalue weighted by Crippen LogP contribution is 2.12. The van der Waals surface area contributed by atoms with Crippen LogP contribution in [0.3, 0.4) is 0 Å². The van der Waals surface area contributed by atoms with E-state index >= 15 is 0 Å². The predicted octanol–water partition coefficient (Wildman–Crippen LogP) is -0.581. The topological polar surface area (TPSA) is 259 Å². The summed E-state index contributed by atoms with van der Waals surface area (Å²) in [6.07, 6.45) is 0.174. The number of aliphatic carboxylic acids is 2. The Balaban J connectivity index is 1.55. The monoisotopic (exact) mass is 554 g/mol. The third kappa shape index (κ3) is 8.04. The van der Waals surface area contributed by atoms with Gasteiger partial charge in [0, 0.05) is 17.7 Å². The lowest BCUT2D eigenvalue weighted by Gasteiger charge is -2.17. The Morgan fingerprint density at radius 2 is 1.73 bits per heavy atom. The second kappa shape index (κ2) is 12.9. The maximum Gasteiger partial charge on any atom is 0.326 e. The van der Waals surface area contributed by atoms with E-state index < -0.39 is 53.6 Å². The molecule has 0 fully saturated rings. The number of benzene rings is 1. The van der Waals surface area contributed by atoms with Gasteiger partial charge in [0.15, 0.2) is 16.9 Å². The van der Waals surface area contributed by atoms with Crippen molar-refractivity contribution in [2.24, 2.45) is 0 Å². The first-order valence-electron chi connectivity index (χ1n) is 11.8. The van der Waals surface area contributed by atoms with Gasteiger partial charge in [-0.1, -0.05) is 0 Å². The van der Waals surface area contributed by atoms with Crippen LogP contribution in [0.1, 0.15) is 42.2 Å². The zero-order chi connectivity index (χ0) is 29.4. The number of ketones is 1. The van der Waals surface area contributed by atoms with Crippen molar-refractivity contribution >= 4 is 52.3 Å². The summed E-state index contributed by atoms with van der Waals surface area (Å²) in [6, 6.07) is 3.41. The molecule has 0 aliphatic rings. The maximum absolute atomic E-state index is 12.6. The van der Waals surface area contributed by atoms with Gasteiger partial charge in [0.25, 0.3) is 11.5 Å². The fourth-order valence-electron chi connectivity index (χ4n) is 3.50. The number of fused-ring (bicyclic) bond motifs is 1. The van der Waals surface area contributed by atoms with Gasteiger partial charge in [-0.15, -0.1) is 0 Å². The van der Waals surface area contributed by atoms with E-state index in [-0.39, 0.29) is 42.1 Å². The van der Waals surface area contributed by atoms with Crippen molar-refractivity contribution in [2.45, 2.75) is 44.8 Å². The summed E-state index contributed by atoms with van der Waals surface area (Å²) in [5, 5.41) is 25.9. The number of nitrogen functional groups attached to an aromatic ring is 1. The molecular formula is C24H26N8O8. The quantitative estimate of drug-likeness (QED) is 0.140. The van der Waals surface area contributed by atoms with Crippen LogP contribution in [0.15, 0.2) is 35.3 Å². The number of aromatic nitrogens is 4. The fourth-order valence-corrected chi connectivity index (χ4v) is 3.50. The SMILES string of the molecule is CC(=O)[C@H](CC(=O)O)NC(=O)CC[C@H](NC(=O)c1ccc(NCc2cnc3nc(N)[nH]c(=O)c3n2)cc1)C(=O)O. The van der Waals surface area contributed by atoms with E-state index in [1.54, 1.807) is 12.1 Å². The smallest absolute Gasteiger partial charge is 0.326 e. The van der Waals surface area contributed by atoms with Crippen LogP contribution in [0, 0.1) is 0 Å². The molecule has 3 rings (SSSR count). The van der Waals surface area contributed by atoms with Gasteiger partial charge in [0.2, 0.25) is 11.9 Å². The third-order valence-corrected chi connectivity index (χ3v) is 5.58. The van der Waals surface area contributed by atoms with E-state index in [1.165, 1.54) is 18.3 Å². The van der Waals surface area contributed by atoms with Crippen LogP contribution in [0.5, 0.6) is 0 Å². The molecule has 1 aromatic carbocycles. The van der Waals surface area contributed by atoms with Crippen LogP contribution in [-0.4, -0.2) is 71.8 Å². The van der Waals surface area contributed by atoms with E-state index in [0.29, 0.717) is 11.4 Å². The Kier molecular flexibility index (Phi) is 9.40. The molecule has 0 aliphatic heterocycles. The number of carbonyl (C=O) groups excluding carboxylic acids is 3. The number of aromatic amines is 1. The lowest BCUT2D eigenvalue weighted by Crippen LogP contribution is -2.44. The van der Waals surface area contributed by atoms with Gasteiger partial charge in [-0.05, 0) is 37.6 Å². The molecule has 0 aliphatic carbocycles. The molecule has 3 aromatic rings. The summed E-state index contributed by atoms with van der Waals surface area (Å²) in [5.74, 6) is -4.70. The van der Waals surface area contributed by atoms with E-state index in [4.69, 9.17) is 10.8 Å². The van der Waals surface area contributed by atoms with Crippen molar-refractivity contribution in [3.05, 3.63) is 52.1 Å². The minimum absolute atomic E-state index is 0.0323. The Morgan fingerprint density at radius 1 is 1.02 bits per heavy atom. The molecule has 40 heavy (non-hydrogen) atoms. The number of amides is 2. The highest BCUT2D eigenvalue weighted by atomic mass is 16.4. The van der Waals surface area contributed by atoms with Gasteiger partial charge in [0.05, 0.1) is 30.9 Å². The average Bonchev–Trinajstić information content (AvgIpc) is 2.89. The van der Waals surface area contributed by atoms with Crippen molar-refractivity contribution in [3.8, 4) is 0 Å². The summed E-state index contributed by atoms with van der Waals surface area (Å²) in [5.41, 5.74) is 6.30. The minimum atomic E-state index is -1.41. The second-order valence-corrected chi connectivity index (χ2v) is 8.65. The van der Waals surface area contributed by atoms with Crippen LogP contribution in [-0.2, 0) is 25.7 Å². The first-order chi connectivity index (χ1) is 18.9. The second-order valence-electron chi connectivity index (χ2n) is 8.65. The lowest BCUT2D eigenvalue weighted by atomic mass is 10.1. The van der Waals surface area contributed by atoms with E-state index in [0.717, 1.165) is 6.92 Å². The summed E-state index contributed by atoms with van der Waals surface area (Å²) in [7, 11) is 0. The van der Waals surface area contributed by atoms with Gasteiger partial charge in [-0.2, -0.15) is 4.98 Å². The Morgan fingerprint density at radius 3 is 2.35 bits per heavy atom. The van der Waals surface area contributed by atoms with Crippen LogP contribution in [0.25, 0.3) is 11.2 Å². The van der Waals surface area contributed by atoms with Gasteiger partial charge in [0.1, 0.15) is 6.04 Å². The molecule has 0 unspecified atom stereocenters. The molecule has 16 nitrogen and oxygen atoms in total. The molecule has 0 bridgehead atoms. The molecule has 0 saturated carbocycles. The molecule has 0 spiro atoms. The first kappa shape index (κ1) is 29.2. The molecular weight excluding hydrogens is 528 g/mol. The highest BCUT2D eigenvalue weighted by molar-refractivity contribution is 5.97. The fraction of sp³-hybridized carbons (Fsp3) is 0.292. The number of nitrogens with zero attached hydrogens (tertiary/aromatic N) is 3. The van der Waals surface area contributed by atoms with Gasteiger partial charge >= 0.3 is 11.9 Å². The normalized spacial score (nSPS) is 12.2. The van der Waals surface area contributed by atoms with Crippen LogP contribution < -0.4 is 27.2 Å². The molecule has 16 heteroatoms. The largest absolute Gasteiger partial charge is 0.481 e. The number of carboxylic acids is 2. The third-order valence-electron chi connectivity index (χ3n) is 5.58. The van der Waals surface area contributed by atoms with Crippen molar-refractivity contribution in [1.29, 1.82) is 0 Å². The molecule has 0 saturated heterocycles. The molecule has 0 radical (unpaired) electrons. The number of nitrogens with two attached hydrogens (primary N) is 1. The van der Waals surface area contributed by atoms with Gasteiger partial charge in [-0.3, -0.25) is 29.0 Å². The summed E-state index contributed by atoms with van der Waals surface area (Å²) >= 11 is 0. The molecule has 2 amide bonds. The van der Waals surface area contributed by atoms with Crippen molar-refractivity contribution in [3.63, 3.8) is 0 Å². The molecule has 2 atom stereocenters. The van der Waals surface area contributed by atoms with E-state index in [2.05, 4.69) is 35.9 Å². The minimum Gasteiger partial charge on any atom is -0.481 e. The zero-order valence-electron chi connectivity index (χ0n) is 21.1. The zero-order valence-corrected chi connectivity index (χ0v) is 21.1. The number of H-pyrrole nitrogens is 1. The van der Waals surface area contributed by atoms with E-state index in [1.807, 2.05) is 0 Å². The predicted molar refractivity (Wildman–Crippen MR) is 139 cm³/mol. The number of carbonyl (C=O) groups is 5. The Bertz CT molecular complexity index is 1500. The molecule has 2 heterocycles. The Hall–Kier alpha value is -5.41. The molecule has 210 valence electrons. The number of nitrogens with one attached hydrogen (secondary N) is 4. The van der Waals surface area contributed by atoms with Crippen LogP contribution >= 0.6 is 0 Å². The lowest BCUT2D eigenvalue weighted by molar-refractivity contribution is -0.140. The standard InChI is InChI=1S/C24H26N8O8/c1-11(33)16(8-18(35)36)29-17(34)7-6-15(23(39)40)30-21(37)12-2-4-13(5-3-12)26-9-14-10-27-20-19(28-14)22(38)32-24(25)31-20/h2-5,10,15-16,26H,6-9H2,1H3,(H,29,34)(H,30,37)(H,35,36)(H,39,40)(H3,25,27,31,32,38)/t15-,16-/m0/s1. The number of hydrogen-bond donors (Lipinski definition) is 7. The first-order valence-corrected chi connectivity index (χ1v) is 11.8. The van der Waals surface area contributed by atoms with Crippen molar-refractivity contribution in [2.75, 3.05) is 11.1 Å². The molecule has 8 N–H and O–H groups in total. The van der Waals surface area contributed by atoms with Crippen LogP contribution in [0.4, 0.5) is 11.6 Å². The molecule has 2 aromatic heterocycles. The average molecular weight is 555 g/mol.